The third-order valence-corrected chi connectivity index (χ3v) is 6.34. The molecule has 0 saturated carbocycles. The van der Waals surface area contributed by atoms with Crippen molar-refractivity contribution in [3.05, 3.63) is 98.5 Å². The van der Waals surface area contributed by atoms with Gasteiger partial charge in [-0.2, -0.15) is 5.10 Å². The fourth-order valence-corrected chi connectivity index (χ4v) is 4.24. The van der Waals surface area contributed by atoms with Gasteiger partial charge in [-0.1, -0.05) is 53.0 Å². The molecule has 10 heteroatoms. The van der Waals surface area contributed by atoms with Gasteiger partial charge in [-0.15, -0.1) is 0 Å². The van der Waals surface area contributed by atoms with E-state index in [9.17, 15) is 13.2 Å². The number of hydrazone groups is 1. The third-order valence-electron chi connectivity index (χ3n) is 4.39. The zero-order chi connectivity index (χ0) is 23.3. The molecule has 0 radical (unpaired) electrons. The summed E-state index contributed by atoms with van der Waals surface area (Å²) in [5, 5.41) is 5.36. The number of benzene rings is 3. The second-order valence-electron chi connectivity index (χ2n) is 6.81. The minimum absolute atomic E-state index is 0.133. The Morgan fingerprint density at radius 2 is 1.59 bits per heavy atom. The first-order valence-corrected chi connectivity index (χ1v) is 12.2. The second-order valence-corrected chi connectivity index (χ2v) is 9.99. The Morgan fingerprint density at radius 1 is 0.969 bits per heavy atom. The van der Waals surface area contributed by atoms with Crippen LogP contribution in [0.5, 0.6) is 0 Å². The van der Waals surface area contributed by atoms with Crippen molar-refractivity contribution in [1.82, 2.24) is 5.43 Å². The summed E-state index contributed by atoms with van der Waals surface area (Å²) in [5.74, 6) is -0.457. The maximum absolute atomic E-state index is 12.4. The molecule has 166 valence electrons. The second kappa shape index (κ2) is 10.4. The monoisotopic (exact) mass is 509 g/mol. The van der Waals surface area contributed by atoms with Crippen LogP contribution in [-0.4, -0.2) is 26.8 Å². The minimum atomic E-state index is -3.56. The van der Waals surface area contributed by atoms with Crippen LogP contribution < -0.4 is 9.73 Å². The highest BCUT2D eigenvalue weighted by atomic mass is 35.5. The Morgan fingerprint density at radius 3 is 2.19 bits per heavy atom. The number of amides is 1. The van der Waals surface area contributed by atoms with Crippen LogP contribution in [0, 0.1) is 0 Å². The van der Waals surface area contributed by atoms with E-state index in [1.54, 1.807) is 54.6 Å². The molecule has 0 aromatic heterocycles. The number of sulfonamides is 1. The number of nitrogens with zero attached hydrogens (tertiary/aromatic N) is 2. The smallest absolute Gasteiger partial charge is 0.267 e. The Balaban J connectivity index is 1.72. The molecule has 0 bridgehead atoms. The summed E-state index contributed by atoms with van der Waals surface area (Å²) in [4.78, 5) is 12.4. The lowest BCUT2D eigenvalue weighted by Gasteiger charge is -2.22. The first-order chi connectivity index (χ1) is 15.1. The van der Waals surface area contributed by atoms with Crippen molar-refractivity contribution < 1.29 is 13.2 Å². The quantitative estimate of drug-likeness (QED) is 0.342. The standard InChI is InChI=1S/C22H18Cl3N3O3S/c1-32(30,31)28(14-15-2-7-18(23)8-3-15)20-10-5-16(6-11-20)22(29)27-26-13-17-4-9-19(24)12-21(17)25/h2-13H,14H2,1H3,(H,27,29)/b26-13-. The van der Waals surface area contributed by atoms with Gasteiger partial charge in [0.2, 0.25) is 10.0 Å². The summed E-state index contributed by atoms with van der Waals surface area (Å²) < 4.78 is 25.9. The molecule has 0 unspecified atom stereocenters. The molecule has 1 N–H and O–H groups in total. The van der Waals surface area contributed by atoms with Crippen molar-refractivity contribution in [3.8, 4) is 0 Å². The number of nitrogens with one attached hydrogen (secondary N) is 1. The minimum Gasteiger partial charge on any atom is -0.267 e. The highest BCUT2D eigenvalue weighted by Gasteiger charge is 2.18. The van der Waals surface area contributed by atoms with Crippen LogP contribution in [-0.2, 0) is 16.6 Å². The van der Waals surface area contributed by atoms with Gasteiger partial charge < -0.3 is 0 Å². The number of carbonyl (C=O) groups is 1. The zero-order valence-electron chi connectivity index (χ0n) is 16.8. The number of carbonyl (C=O) groups excluding carboxylic acids is 1. The molecule has 0 fully saturated rings. The summed E-state index contributed by atoms with van der Waals surface area (Å²) in [6.07, 6.45) is 2.53. The van der Waals surface area contributed by atoms with Gasteiger partial charge in [-0.3, -0.25) is 9.10 Å². The summed E-state index contributed by atoms with van der Waals surface area (Å²) in [5.41, 5.74) is 4.52. The highest BCUT2D eigenvalue weighted by molar-refractivity contribution is 7.92. The van der Waals surface area contributed by atoms with E-state index in [4.69, 9.17) is 34.8 Å². The molecule has 0 aliphatic rings. The van der Waals surface area contributed by atoms with Crippen molar-refractivity contribution in [2.75, 3.05) is 10.6 Å². The molecule has 3 rings (SSSR count). The average molecular weight is 511 g/mol. The molecule has 0 saturated heterocycles. The first kappa shape index (κ1) is 24.1. The number of rotatable bonds is 7. The van der Waals surface area contributed by atoms with Crippen molar-refractivity contribution in [2.45, 2.75) is 6.54 Å². The fourth-order valence-electron chi connectivity index (χ4n) is 2.77. The summed E-state index contributed by atoms with van der Waals surface area (Å²) in [6, 6.07) is 18.0. The summed E-state index contributed by atoms with van der Waals surface area (Å²) >= 11 is 17.8. The van der Waals surface area contributed by atoms with Crippen LogP contribution >= 0.6 is 34.8 Å². The Bertz CT molecular complexity index is 1250. The van der Waals surface area contributed by atoms with E-state index in [0.29, 0.717) is 31.9 Å². The molecule has 0 aliphatic carbocycles. The zero-order valence-corrected chi connectivity index (χ0v) is 19.9. The van der Waals surface area contributed by atoms with Crippen LogP contribution in [0.4, 0.5) is 5.69 Å². The van der Waals surface area contributed by atoms with E-state index in [1.165, 1.54) is 22.7 Å². The van der Waals surface area contributed by atoms with Gasteiger partial charge in [0, 0.05) is 21.2 Å². The van der Waals surface area contributed by atoms with E-state index in [-0.39, 0.29) is 6.54 Å². The molecule has 32 heavy (non-hydrogen) atoms. The highest BCUT2D eigenvalue weighted by Crippen LogP contribution is 2.22. The normalized spacial score (nSPS) is 11.5. The fraction of sp³-hybridized carbons (Fsp3) is 0.0909. The van der Waals surface area contributed by atoms with Crippen LogP contribution in [0.3, 0.4) is 0 Å². The van der Waals surface area contributed by atoms with Crippen LogP contribution in [0.1, 0.15) is 21.5 Å². The summed E-state index contributed by atoms with van der Waals surface area (Å²) in [7, 11) is -3.56. The lowest BCUT2D eigenvalue weighted by molar-refractivity contribution is 0.0955. The van der Waals surface area contributed by atoms with E-state index in [1.807, 2.05) is 0 Å². The molecule has 0 heterocycles. The first-order valence-electron chi connectivity index (χ1n) is 9.24. The maximum Gasteiger partial charge on any atom is 0.271 e. The van der Waals surface area contributed by atoms with Gasteiger partial charge in [0.25, 0.3) is 5.91 Å². The maximum atomic E-state index is 12.4. The Labute approximate surface area is 201 Å². The van der Waals surface area contributed by atoms with Crippen molar-refractivity contribution in [3.63, 3.8) is 0 Å². The van der Waals surface area contributed by atoms with Gasteiger partial charge in [0.15, 0.2) is 0 Å². The van der Waals surface area contributed by atoms with E-state index in [2.05, 4.69) is 10.5 Å². The molecule has 3 aromatic rings. The SMILES string of the molecule is CS(=O)(=O)N(Cc1ccc(Cl)cc1)c1ccc(C(=O)N/N=C\c2ccc(Cl)cc2Cl)cc1. The van der Waals surface area contributed by atoms with Crippen molar-refractivity contribution in [1.29, 1.82) is 0 Å². The van der Waals surface area contributed by atoms with Gasteiger partial charge in [0.05, 0.1) is 29.7 Å². The molecule has 6 nitrogen and oxygen atoms in total. The largest absolute Gasteiger partial charge is 0.271 e. The number of halogens is 3. The van der Waals surface area contributed by atoms with Gasteiger partial charge in [-0.25, -0.2) is 13.8 Å². The summed E-state index contributed by atoms with van der Waals surface area (Å²) in [6.45, 7) is 0.133. The number of hydrogen-bond donors (Lipinski definition) is 1. The van der Waals surface area contributed by atoms with Crippen molar-refractivity contribution >= 4 is 62.6 Å². The topological polar surface area (TPSA) is 78.8 Å². The van der Waals surface area contributed by atoms with Gasteiger partial charge in [0.1, 0.15) is 0 Å². The van der Waals surface area contributed by atoms with Crippen LogP contribution in [0.15, 0.2) is 71.8 Å². The van der Waals surface area contributed by atoms with Gasteiger partial charge >= 0.3 is 0 Å². The third kappa shape index (κ3) is 6.46. The van der Waals surface area contributed by atoms with Crippen LogP contribution in [0.25, 0.3) is 0 Å². The van der Waals surface area contributed by atoms with E-state index >= 15 is 0 Å². The lowest BCUT2D eigenvalue weighted by atomic mass is 10.2. The Kier molecular flexibility index (Phi) is 7.79. The molecule has 0 spiro atoms. The molecule has 0 atom stereocenters. The van der Waals surface area contributed by atoms with Crippen LogP contribution in [0.2, 0.25) is 15.1 Å². The predicted octanol–water partition coefficient (Wildman–Crippen LogP) is 5.38. The number of anilines is 1. The molecule has 0 aliphatic heterocycles. The van der Waals surface area contributed by atoms with Gasteiger partial charge in [-0.05, 0) is 54.1 Å². The molecular formula is C22H18Cl3N3O3S. The lowest BCUT2D eigenvalue weighted by Crippen LogP contribution is -2.29. The van der Waals surface area contributed by atoms with Crippen molar-refractivity contribution in [2.24, 2.45) is 5.10 Å². The molecule has 1 amide bonds. The number of hydrogen-bond acceptors (Lipinski definition) is 4. The van der Waals surface area contributed by atoms with E-state index < -0.39 is 15.9 Å². The Hall–Kier alpha value is -2.58. The predicted molar refractivity (Wildman–Crippen MR) is 130 cm³/mol. The van der Waals surface area contributed by atoms with E-state index in [0.717, 1.165) is 11.8 Å². The average Bonchev–Trinajstić information content (AvgIpc) is 2.74. The molecule has 3 aromatic carbocycles. The molecular weight excluding hydrogens is 493 g/mol.